The van der Waals surface area contributed by atoms with E-state index in [1.54, 1.807) is 12.1 Å². The van der Waals surface area contributed by atoms with Crippen LogP contribution in [0.15, 0.2) is 36.4 Å². The number of hydrogen-bond donors (Lipinski definition) is 2. The lowest BCUT2D eigenvalue weighted by Crippen LogP contribution is -2.01. The summed E-state index contributed by atoms with van der Waals surface area (Å²) < 4.78 is 4.62. The van der Waals surface area contributed by atoms with Crippen LogP contribution in [0.4, 0.5) is 0 Å². The Morgan fingerprint density at radius 3 is 2.55 bits per heavy atom. The average Bonchev–Trinajstić information content (AvgIpc) is 2.93. The second kappa shape index (κ2) is 4.98. The summed E-state index contributed by atoms with van der Waals surface area (Å²) in [6.07, 6.45) is 0. The van der Waals surface area contributed by atoms with E-state index < -0.39 is 5.97 Å². The SMILES string of the molecule is COC(=O)c1ccc(-c2ccc3c(c2)CNC3)cc1O. The van der Waals surface area contributed by atoms with E-state index >= 15 is 0 Å². The molecule has 2 aromatic rings. The first kappa shape index (κ1) is 12.7. The highest BCUT2D eigenvalue weighted by molar-refractivity contribution is 5.93. The van der Waals surface area contributed by atoms with Gasteiger partial charge in [0, 0.05) is 13.1 Å². The number of rotatable bonds is 2. The molecule has 0 amide bonds. The van der Waals surface area contributed by atoms with Crippen LogP contribution in [0.25, 0.3) is 11.1 Å². The summed E-state index contributed by atoms with van der Waals surface area (Å²) in [5.41, 5.74) is 4.67. The Balaban J connectivity index is 1.99. The van der Waals surface area contributed by atoms with E-state index in [2.05, 4.69) is 22.2 Å². The van der Waals surface area contributed by atoms with E-state index in [0.29, 0.717) is 0 Å². The van der Waals surface area contributed by atoms with Crippen molar-refractivity contribution < 1.29 is 14.6 Å². The van der Waals surface area contributed by atoms with Crippen LogP contribution in [0.3, 0.4) is 0 Å². The number of aromatic hydroxyl groups is 1. The van der Waals surface area contributed by atoms with E-state index in [1.165, 1.54) is 18.2 Å². The number of methoxy groups -OCH3 is 1. The first-order chi connectivity index (χ1) is 9.69. The molecule has 0 atom stereocenters. The molecule has 0 aromatic heterocycles. The van der Waals surface area contributed by atoms with Gasteiger partial charge < -0.3 is 15.2 Å². The molecule has 0 unspecified atom stereocenters. The molecule has 0 aliphatic carbocycles. The normalized spacial score (nSPS) is 13.1. The fraction of sp³-hybridized carbons (Fsp3) is 0.188. The summed E-state index contributed by atoms with van der Waals surface area (Å²) in [6.45, 7) is 1.78. The van der Waals surface area contributed by atoms with E-state index in [0.717, 1.165) is 24.2 Å². The molecule has 0 bridgehead atoms. The molecular weight excluding hydrogens is 254 g/mol. The number of nitrogens with one attached hydrogen (secondary N) is 1. The Labute approximate surface area is 117 Å². The van der Waals surface area contributed by atoms with Gasteiger partial charge in [-0.3, -0.25) is 0 Å². The Hall–Kier alpha value is -2.33. The van der Waals surface area contributed by atoms with Crippen molar-refractivity contribution >= 4 is 5.97 Å². The third kappa shape index (κ3) is 2.14. The Morgan fingerprint density at radius 2 is 1.80 bits per heavy atom. The minimum atomic E-state index is -0.535. The summed E-state index contributed by atoms with van der Waals surface area (Å²) in [7, 11) is 1.29. The summed E-state index contributed by atoms with van der Waals surface area (Å²) in [5, 5.41) is 13.2. The zero-order chi connectivity index (χ0) is 14.1. The molecule has 4 nitrogen and oxygen atoms in total. The summed E-state index contributed by atoms with van der Waals surface area (Å²) in [4.78, 5) is 11.4. The standard InChI is InChI=1S/C16H15NO3/c1-20-16(19)14-5-4-11(7-15(14)18)10-2-3-12-8-17-9-13(12)6-10/h2-7,17-18H,8-9H2,1H3. The predicted molar refractivity (Wildman–Crippen MR) is 75.4 cm³/mol. The molecule has 0 fully saturated rings. The minimum Gasteiger partial charge on any atom is -0.507 e. The molecule has 20 heavy (non-hydrogen) atoms. The molecule has 2 N–H and O–H groups in total. The van der Waals surface area contributed by atoms with E-state index in [1.807, 2.05) is 12.1 Å². The van der Waals surface area contributed by atoms with Gasteiger partial charge in [-0.2, -0.15) is 0 Å². The number of ether oxygens (including phenoxy) is 1. The molecule has 102 valence electrons. The van der Waals surface area contributed by atoms with Crippen molar-refractivity contribution in [1.29, 1.82) is 0 Å². The van der Waals surface area contributed by atoms with Gasteiger partial charge in [-0.15, -0.1) is 0 Å². The quantitative estimate of drug-likeness (QED) is 0.822. The lowest BCUT2D eigenvalue weighted by Gasteiger charge is -2.08. The number of carbonyl (C=O) groups is 1. The monoisotopic (exact) mass is 269 g/mol. The Bertz CT molecular complexity index is 679. The zero-order valence-corrected chi connectivity index (χ0v) is 11.1. The molecule has 1 aliphatic heterocycles. The smallest absolute Gasteiger partial charge is 0.341 e. The van der Waals surface area contributed by atoms with Crippen LogP contribution >= 0.6 is 0 Å². The minimum absolute atomic E-state index is 0.0621. The van der Waals surface area contributed by atoms with Gasteiger partial charge in [0.2, 0.25) is 0 Å². The molecular formula is C16H15NO3. The van der Waals surface area contributed by atoms with Crippen molar-refractivity contribution in [3.8, 4) is 16.9 Å². The number of benzene rings is 2. The molecule has 0 saturated carbocycles. The highest BCUT2D eigenvalue weighted by atomic mass is 16.5. The molecule has 0 radical (unpaired) electrons. The molecule has 2 aromatic carbocycles. The number of carbonyl (C=O) groups excluding carboxylic acids is 1. The number of phenols is 1. The van der Waals surface area contributed by atoms with E-state index in [4.69, 9.17) is 0 Å². The summed E-state index contributed by atoms with van der Waals surface area (Å²) in [6, 6.07) is 11.2. The molecule has 4 heteroatoms. The fourth-order valence-electron chi connectivity index (χ4n) is 2.47. The zero-order valence-electron chi connectivity index (χ0n) is 11.1. The molecule has 0 spiro atoms. The van der Waals surface area contributed by atoms with Crippen LogP contribution in [0, 0.1) is 0 Å². The number of hydrogen-bond acceptors (Lipinski definition) is 4. The van der Waals surface area contributed by atoms with E-state index in [-0.39, 0.29) is 11.3 Å². The topological polar surface area (TPSA) is 58.6 Å². The Morgan fingerprint density at radius 1 is 1.10 bits per heavy atom. The highest BCUT2D eigenvalue weighted by Gasteiger charge is 2.14. The average molecular weight is 269 g/mol. The van der Waals surface area contributed by atoms with Gasteiger partial charge in [0.1, 0.15) is 11.3 Å². The van der Waals surface area contributed by atoms with Crippen molar-refractivity contribution in [2.45, 2.75) is 13.1 Å². The van der Waals surface area contributed by atoms with Gasteiger partial charge in [-0.1, -0.05) is 18.2 Å². The number of esters is 1. The second-order valence-corrected chi connectivity index (χ2v) is 4.81. The maximum atomic E-state index is 11.4. The molecule has 0 saturated heterocycles. The third-order valence-corrected chi connectivity index (χ3v) is 3.57. The van der Waals surface area contributed by atoms with Crippen molar-refractivity contribution in [3.05, 3.63) is 53.1 Å². The highest BCUT2D eigenvalue weighted by Crippen LogP contribution is 2.29. The van der Waals surface area contributed by atoms with Crippen LogP contribution in [-0.4, -0.2) is 18.2 Å². The fourth-order valence-corrected chi connectivity index (χ4v) is 2.47. The lowest BCUT2D eigenvalue weighted by atomic mass is 9.99. The maximum Gasteiger partial charge on any atom is 0.341 e. The maximum absolute atomic E-state index is 11.4. The van der Waals surface area contributed by atoms with Crippen LogP contribution < -0.4 is 5.32 Å². The molecule has 3 rings (SSSR count). The number of fused-ring (bicyclic) bond motifs is 1. The van der Waals surface area contributed by atoms with E-state index in [9.17, 15) is 9.90 Å². The van der Waals surface area contributed by atoms with Crippen LogP contribution in [0.1, 0.15) is 21.5 Å². The van der Waals surface area contributed by atoms with Crippen molar-refractivity contribution in [2.75, 3.05) is 7.11 Å². The summed E-state index contributed by atoms with van der Waals surface area (Å²) in [5.74, 6) is -0.597. The summed E-state index contributed by atoms with van der Waals surface area (Å²) >= 11 is 0. The molecule has 1 aliphatic rings. The van der Waals surface area contributed by atoms with Gasteiger partial charge in [0.25, 0.3) is 0 Å². The lowest BCUT2D eigenvalue weighted by molar-refractivity contribution is 0.0597. The van der Waals surface area contributed by atoms with Gasteiger partial charge >= 0.3 is 5.97 Å². The largest absolute Gasteiger partial charge is 0.507 e. The Kier molecular flexibility index (Phi) is 3.16. The van der Waals surface area contributed by atoms with Crippen LogP contribution in [0.2, 0.25) is 0 Å². The second-order valence-electron chi connectivity index (χ2n) is 4.81. The third-order valence-electron chi connectivity index (χ3n) is 3.57. The van der Waals surface area contributed by atoms with Crippen molar-refractivity contribution in [1.82, 2.24) is 5.32 Å². The first-order valence-corrected chi connectivity index (χ1v) is 6.43. The van der Waals surface area contributed by atoms with Gasteiger partial charge in [0.05, 0.1) is 7.11 Å². The van der Waals surface area contributed by atoms with Crippen molar-refractivity contribution in [3.63, 3.8) is 0 Å². The first-order valence-electron chi connectivity index (χ1n) is 6.43. The van der Waals surface area contributed by atoms with Gasteiger partial charge in [0.15, 0.2) is 0 Å². The van der Waals surface area contributed by atoms with Crippen LogP contribution in [0.5, 0.6) is 5.75 Å². The number of phenolic OH excluding ortho intramolecular Hbond substituents is 1. The molecule has 1 heterocycles. The van der Waals surface area contributed by atoms with Crippen LogP contribution in [-0.2, 0) is 17.8 Å². The van der Waals surface area contributed by atoms with Gasteiger partial charge in [-0.05, 0) is 40.5 Å². The van der Waals surface area contributed by atoms with Crippen molar-refractivity contribution in [2.24, 2.45) is 0 Å². The van der Waals surface area contributed by atoms with Gasteiger partial charge in [-0.25, -0.2) is 4.79 Å². The predicted octanol–water partition coefficient (Wildman–Crippen LogP) is 2.45.